The van der Waals surface area contributed by atoms with Crippen molar-refractivity contribution in [3.8, 4) is 11.3 Å². The quantitative estimate of drug-likeness (QED) is 0.674. The van der Waals surface area contributed by atoms with Crippen molar-refractivity contribution in [3.63, 3.8) is 0 Å². The molecule has 0 radical (unpaired) electrons. The van der Waals surface area contributed by atoms with Crippen LogP contribution in [0.25, 0.3) is 16.9 Å². The van der Waals surface area contributed by atoms with E-state index in [4.69, 9.17) is 4.98 Å². The zero-order chi connectivity index (χ0) is 13.4. The fourth-order valence-corrected chi connectivity index (χ4v) is 2.64. The van der Waals surface area contributed by atoms with Crippen LogP contribution < -0.4 is 0 Å². The van der Waals surface area contributed by atoms with Crippen molar-refractivity contribution < 1.29 is 0 Å². The molecule has 19 heavy (non-hydrogen) atoms. The lowest BCUT2D eigenvalue weighted by molar-refractivity contribution is 1.10. The number of imidazole rings is 1. The minimum absolute atomic E-state index is 0.982. The Morgan fingerprint density at radius 2 is 1.84 bits per heavy atom. The third-order valence-corrected chi connectivity index (χ3v) is 3.93. The number of benzene rings is 1. The molecule has 0 aliphatic heterocycles. The van der Waals surface area contributed by atoms with Gasteiger partial charge in [-0.15, -0.1) is 0 Å². The van der Waals surface area contributed by atoms with Gasteiger partial charge in [-0.3, -0.25) is 0 Å². The second-order valence-electron chi connectivity index (χ2n) is 4.67. The summed E-state index contributed by atoms with van der Waals surface area (Å²) in [4.78, 5) is 4.72. The molecule has 0 aliphatic carbocycles. The van der Waals surface area contributed by atoms with Crippen LogP contribution in [0.3, 0.4) is 0 Å². The predicted molar refractivity (Wildman–Crippen MR) is 82.4 cm³/mol. The molecule has 0 saturated carbocycles. The molecule has 0 fully saturated rings. The molecule has 0 amide bonds. The fourth-order valence-electron chi connectivity index (χ4n) is 2.31. The third kappa shape index (κ3) is 2.19. The highest BCUT2D eigenvalue weighted by Gasteiger charge is 2.10. The molecule has 2 nitrogen and oxygen atoms in total. The SMILES string of the molecule is CCc1ccc(-c2nc3ccc(Br)cn3c2C)cc1. The predicted octanol–water partition coefficient (Wildman–Crippen LogP) is 4.63. The Hall–Kier alpha value is -1.61. The van der Waals surface area contributed by atoms with E-state index >= 15 is 0 Å². The van der Waals surface area contributed by atoms with Gasteiger partial charge in [-0.1, -0.05) is 31.2 Å². The number of rotatable bonds is 2. The number of aryl methyl sites for hydroxylation is 2. The summed E-state index contributed by atoms with van der Waals surface area (Å²) in [7, 11) is 0. The number of pyridine rings is 1. The molecule has 0 unspecified atom stereocenters. The summed E-state index contributed by atoms with van der Waals surface area (Å²) < 4.78 is 3.18. The van der Waals surface area contributed by atoms with Gasteiger partial charge in [0.25, 0.3) is 0 Å². The Balaban J connectivity index is 2.16. The highest BCUT2D eigenvalue weighted by Crippen LogP contribution is 2.25. The molecule has 3 rings (SSSR count). The number of nitrogens with zero attached hydrogens (tertiary/aromatic N) is 2. The molecule has 3 aromatic rings. The Kier molecular flexibility index (Phi) is 3.15. The maximum atomic E-state index is 4.72. The van der Waals surface area contributed by atoms with Crippen LogP contribution in [-0.2, 0) is 6.42 Å². The van der Waals surface area contributed by atoms with Gasteiger partial charge in [-0.2, -0.15) is 0 Å². The molecule has 0 atom stereocenters. The van der Waals surface area contributed by atoms with Gasteiger partial charge in [0, 0.05) is 21.9 Å². The molecule has 2 aromatic heterocycles. The molecule has 3 heteroatoms. The van der Waals surface area contributed by atoms with Gasteiger partial charge in [-0.25, -0.2) is 4.98 Å². The normalized spacial score (nSPS) is 11.1. The summed E-state index contributed by atoms with van der Waals surface area (Å²) in [5, 5.41) is 0. The number of halogens is 1. The molecule has 0 bridgehead atoms. The van der Waals surface area contributed by atoms with E-state index < -0.39 is 0 Å². The largest absolute Gasteiger partial charge is 0.303 e. The highest BCUT2D eigenvalue weighted by molar-refractivity contribution is 9.10. The first-order valence-corrected chi connectivity index (χ1v) is 7.22. The van der Waals surface area contributed by atoms with Crippen molar-refractivity contribution in [1.29, 1.82) is 0 Å². The van der Waals surface area contributed by atoms with E-state index in [2.05, 4.69) is 64.6 Å². The summed E-state index contributed by atoms with van der Waals surface area (Å²) in [6, 6.07) is 12.7. The van der Waals surface area contributed by atoms with Crippen molar-refractivity contribution >= 4 is 21.6 Å². The first kappa shape index (κ1) is 12.4. The molecular formula is C16H15BrN2. The van der Waals surface area contributed by atoms with E-state index in [0.29, 0.717) is 0 Å². The maximum Gasteiger partial charge on any atom is 0.137 e. The van der Waals surface area contributed by atoms with Crippen LogP contribution in [0.4, 0.5) is 0 Å². The van der Waals surface area contributed by atoms with Crippen LogP contribution in [0, 0.1) is 6.92 Å². The first-order valence-electron chi connectivity index (χ1n) is 6.42. The fraction of sp³-hybridized carbons (Fsp3) is 0.188. The van der Waals surface area contributed by atoms with Gasteiger partial charge in [0.15, 0.2) is 0 Å². The lowest BCUT2D eigenvalue weighted by Gasteiger charge is -2.01. The number of hydrogen-bond donors (Lipinski definition) is 0. The molecule has 0 spiro atoms. The summed E-state index contributed by atoms with van der Waals surface area (Å²) in [6.07, 6.45) is 3.12. The summed E-state index contributed by atoms with van der Waals surface area (Å²) in [5.74, 6) is 0. The molecule has 2 heterocycles. The third-order valence-electron chi connectivity index (χ3n) is 3.46. The van der Waals surface area contributed by atoms with Crippen LogP contribution in [0.15, 0.2) is 47.1 Å². The van der Waals surface area contributed by atoms with Gasteiger partial charge in [0.1, 0.15) is 5.65 Å². The Morgan fingerprint density at radius 3 is 2.53 bits per heavy atom. The number of fused-ring (bicyclic) bond motifs is 1. The number of aromatic nitrogens is 2. The van der Waals surface area contributed by atoms with Crippen LogP contribution in [0.5, 0.6) is 0 Å². The monoisotopic (exact) mass is 314 g/mol. The summed E-state index contributed by atoms with van der Waals surface area (Å²) >= 11 is 3.50. The van der Waals surface area contributed by atoms with Crippen LogP contribution in [0.1, 0.15) is 18.2 Å². The molecule has 0 N–H and O–H groups in total. The standard InChI is InChI=1S/C16H15BrN2/c1-3-12-4-6-13(7-5-12)16-11(2)19-10-14(17)8-9-15(19)18-16/h4-10H,3H2,1-2H3. The van der Waals surface area contributed by atoms with Crippen molar-refractivity contribution in [3.05, 3.63) is 58.3 Å². The minimum atomic E-state index is 0.982. The first-order chi connectivity index (χ1) is 9.19. The van der Waals surface area contributed by atoms with Gasteiger partial charge in [0.05, 0.1) is 5.69 Å². The van der Waals surface area contributed by atoms with Gasteiger partial charge >= 0.3 is 0 Å². The van der Waals surface area contributed by atoms with Gasteiger partial charge in [-0.05, 0) is 47.0 Å². The smallest absolute Gasteiger partial charge is 0.137 e. The highest BCUT2D eigenvalue weighted by atomic mass is 79.9. The van der Waals surface area contributed by atoms with Crippen molar-refractivity contribution in [2.24, 2.45) is 0 Å². The average molecular weight is 315 g/mol. The second-order valence-corrected chi connectivity index (χ2v) is 5.59. The maximum absolute atomic E-state index is 4.72. The second kappa shape index (κ2) is 4.82. The molecule has 96 valence electrons. The van der Waals surface area contributed by atoms with Crippen molar-refractivity contribution in [2.45, 2.75) is 20.3 Å². The van der Waals surface area contributed by atoms with E-state index in [1.807, 2.05) is 12.1 Å². The van der Waals surface area contributed by atoms with Crippen molar-refractivity contribution in [2.75, 3.05) is 0 Å². The lowest BCUT2D eigenvalue weighted by Crippen LogP contribution is -1.87. The van der Waals surface area contributed by atoms with E-state index in [1.54, 1.807) is 0 Å². The topological polar surface area (TPSA) is 17.3 Å². The van der Waals surface area contributed by atoms with Gasteiger partial charge < -0.3 is 4.40 Å². The van der Waals surface area contributed by atoms with Gasteiger partial charge in [0.2, 0.25) is 0 Å². The zero-order valence-electron chi connectivity index (χ0n) is 11.0. The molecule has 0 saturated heterocycles. The molecule has 0 aliphatic rings. The minimum Gasteiger partial charge on any atom is -0.303 e. The van der Waals surface area contributed by atoms with Crippen LogP contribution >= 0.6 is 15.9 Å². The molecular weight excluding hydrogens is 300 g/mol. The summed E-state index contributed by atoms with van der Waals surface area (Å²) in [5.41, 5.74) is 5.74. The van der Waals surface area contributed by atoms with E-state index in [-0.39, 0.29) is 0 Å². The number of hydrogen-bond acceptors (Lipinski definition) is 1. The van der Waals surface area contributed by atoms with E-state index in [1.165, 1.54) is 16.8 Å². The lowest BCUT2D eigenvalue weighted by atomic mass is 10.1. The van der Waals surface area contributed by atoms with Crippen molar-refractivity contribution in [1.82, 2.24) is 9.38 Å². The van der Waals surface area contributed by atoms with Crippen LogP contribution in [0.2, 0.25) is 0 Å². The molecule has 1 aromatic carbocycles. The average Bonchev–Trinajstić information content (AvgIpc) is 2.76. The van der Waals surface area contributed by atoms with E-state index in [0.717, 1.165) is 22.2 Å². The zero-order valence-corrected chi connectivity index (χ0v) is 12.6. The Bertz CT molecular complexity index is 726. The Morgan fingerprint density at radius 1 is 1.11 bits per heavy atom. The summed E-state index contributed by atoms with van der Waals surface area (Å²) in [6.45, 7) is 4.28. The van der Waals surface area contributed by atoms with Crippen LogP contribution in [-0.4, -0.2) is 9.38 Å². The van der Waals surface area contributed by atoms with E-state index in [9.17, 15) is 0 Å². The Labute approximate surface area is 121 Å².